The molecule has 0 aromatic carbocycles. The maximum absolute atomic E-state index is 10.4. The molecule has 0 saturated carbocycles. The topological polar surface area (TPSA) is 190 Å². The molecule has 0 aromatic heterocycles. The van der Waals surface area contributed by atoms with E-state index in [-0.39, 0.29) is 33.4 Å². The zero-order chi connectivity index (χ0) is 14.3. The first-order chi connectivity index (χ1) is 7.37. The summed E-state index contributed by atoms with van der Waals surface area (Å²) in [7, 11) is 1.95. The van der Waals surface area contributed by atoms with Gasteiger partial charge in [0.2, 0.25) is 0 Å². The Bertz CT molecular complexity index is 323. The minimum atomic E-state index is -3.92. The second kappa shape index (κ2) is 13.9. The van der Waals surface area contributed by atoms with Crippen LogP contribution in [0.5, 0.6) is 0 Å². The van der Waals surface area contributed by atoms with Gasteiger partial charge in [-0.15, -0.1) is 6.61 Å². The molecule has 0 aliphatic heterocycles. The molecule has 6 N–H and O–H groups in total. The molecule has 0 fully saturated rings. The Labute approximate surface area is 135 Å². The van der Waals surface area contributed by atoms with Crippen LogP contribution in [0.4, 0.5) is 0 Å². The molecule has 0 aliphatic carbocycles. The van der Waals surface area contributed by atoms with Crippen LogP contribution in [-0.2, 0) is 36.0 Å². The normalized spacial score (nSPS) is 11.5. The fourth-order valence-corrected chi connectivity index (χ4v) is 0.812. The van der Waals surface area contributed by atoms with Gasteiger partial charge in [-0.1, -0.05) is 0 Å². The third kappa shape index (κ3) is 36.1. The van der Waals surface area contributed by atoms with E-state index in [0.717, 1.165) is 0 Å². The molecule has 9 nitrogen and oxygen atoms in total. The number of carbonyl (C=O) groups is 1. The van der Waals surface area contributed by atoms with Crippen molar-refractivity contribution >= 4 is 16.1 Å². The first-order valence-electron chi connectivity index (χ1n) is 4.87. The van der Waals surface area contributed by atoms with E-state index in [0.29, 0.717) is 23.7 Å². The van der Waals surface area contributed by atoms with E-state index in [1.54, 1.807) is 0 Å². The van der Waals surface area contributed by atoms with Crippen molar-refractivity contribution in [2.75, 3.05) is 40.6 Å². The molecule has 0 bridgehead atoms. The average Bonchev–Trinajstić information content (AvgIpc) is 1.98. The Balaban J connectivity index is -0.0000000821. The van der Waals surface area contributed by atoms with Gasteiger partial charge >= 0.3 is 21.1 Å². The number of nitrogens with zero attached hydrogens (tertiary/aromatic N) is 1. The van der Waals surface area contributed by atoms with Crippen LogP contribution in [0.3, 0.4) is 0 Å². The van der Waals surface area contributed by atoms with Crippen LogP contribution in [0.15, 0.2) is 0 Å². The molecule has 128 valence electrons. The van der Waals surface area contributed by atoms with E-state index in [2.05, 4.69) is 0 Å². The predicted molar refractivity (Wildman–Crippen MR) is 66.5 cm³/mol. The van der Waals surface area contributed by atoms with Gasteiger partial charge in [-0.2, -0.15) is 0 Å². The van der Waals surface area contributed by atoms with E-state index in [4.69, 9.17) is 13.0 Å². The van der Waals surface area contributed by atoms with Gasteiger partial charge in [0, 0.05) is 18.6 Å². The van der Waals surface area contributed by atoms with E-state index >= 15 is 0 Å². The summed E-state index contributed by atoms with van der Waals surface area (Å²) in [6.07, 6.45) is 1.00. The summed E-state index contributed by atoms with van der Waals surface area (Å²) in [5.74, 6) is -2.05. The van der Waals surface area contributed by atoms with Gasteiger partial charge in [0.25, 0.3) is 0 Å². The number of hydrogen-bond acceptors (Lipinski definition) is 8. The number of hydrogen-bond donors (Lipinski definition) is 2. The number of carboxylic acid groups (broad SMARTS) is 1. The average molecular weight is 498 g/mol. The van der Waals surface area contributed by atoms with Crippen LogP contribution in [0.25, 0.3) is 0 Å². The smallest absolute Gasteiger partial charge is 0.854 e. The maximum atomic E-state index is 10.4. The molecule has 0 saturated heterocycles. The maximum Gasteiger partial charge on any atom is 2.00 e. The number of carboxylic acids is 1. The van der Waals surface area contributed by atoms with Crippen LogP contribution in [0.1, 0.15) is 6.42 Å². The van der Waals surface area contributed by atoms with E-state index in [1.165, 1.54) is 0 Å². The first-order valence-corrected chi connectivity index (χ1v) is 6.68. The molecule has 0 spiro atoms. The number of quaternary nitrogens is 1. The van der Waals surface area contributed by atoms with E-state index in [1.807, 2.05) is 21.1 Å². The molecule has 0 heterocycles. The fraction of sp³-hybridized carbons (Fsp3) is 0.889. The Hall–Kier alpha value is -0.0917. The molecule has 1 unspecified atom stereocenters. The summed E-state index contributed by atoms with van der Waals surface area (Å²) < 4.78 is 27.9. The van der Waals surface area contributed by atoms with Crippen molar-refractivity contribution in [2.45, 2.75) is 6.42 Å². The Kier molecular flexibility index (Phi) is 22.2. The molecule has 0 amide bonds. The van der Waals surface area contributed by atoms with Crippen LogP contribution < -0.4 is 22.5 Å². The van der Waals surface area contributed by atoms with Crippen molar-refractivity contribution in [3.63, 3.8) is 0 Å². The zero-order valence-corrected chi connectivity index (χ0v) is 15.3. The third-order valence-corrected chi connectivity index (χ3v) is 1.68. The molecule has 11 heteroatoms. The molecular formula is C9H25N3O6PtS. The summed E-state index contributed by atoms with van der Waals surface area (Å²) in [6, 6.07) is 0. The summed E-state index contributed by atoms with van der Waals surface area (Å²) in [5, 5.41) is 20.7. The van der Waals surface area contributed by atoms with Crippen molar-refractivity contribution < 1.29 is 53.5 Å². The van der Waals surface area contributed by atoms with Crippen LogP contribution in [-0.4, -0.2) is 64.0 Å². The van der Waals surface area contributed by atoms with Crippen molar-refractivity contribution in [3.05, 3.63) is 0 Å². The minimum absolute atomic E-state index is 0. The molecule has 0 radical (unpaired) electrons. The molecule has 1 atom stereocenters. The summed E-state index contributed by atoms with van der Waals surface area (Å²) in [6.45, 7) is 0.100. The minimum Gasteiger partial charge on any atom is -0.854 e. The second-order valence-corrected chi connectivity index (χ2v) is 6.10. The first kappa shape index (κ1) is 32.0. The SMILES string of the molecule is CS(=O)(=O)[O-].C[N+](C)(C)CCC(C[O-])C(=O)[O-].N.N.[Pt+2]. The van der Waals surface area contributed by atoms with Crippen molar-refractivity contribution in [1.82, 2.24) is 12.3 Å². The monoisotopic (exact) mass is 498 g/mol. The number of carbonyl (C=O) groups excluding carboxylic acids is 1. The standard InChI is InChI=1S/C8H17NO3.CH4O3S.2H3N.Pt/c1-9(2,3)5-4-7(6-10)8(11)12;1-5(2,3)4;;;/h7H,4-6H2,1-3H3,(H,11,12);1H3,(H,2,3,4);2*1H3;/q;;;;+2/p-2. The zero-order valence-electron chi connectivity index (χ0n) is 12.2. The van der Waals surface area contributed by atoms with Gasteiger partial charge in [-0.3, -0.25) is 0 Å². The number of rotatable bonds is 5. The van der Waals surface area contributed by atoms with Crippen molar-refractivity contribution in [3.8, 4) is 0 Å². The van der Waals surface area contributed by atoms with E-state index in [9.17, 15) is 15.0 Å². The van der Waals surface area contributed by atoms with Gasteiger partial charge in [-0.25, -0.2) is 8.42 Å². The largest absolute Gasteiger partial charge is 2.00 e. The van der Waals surface area contributed by atoms with Gasteiger partial charge in [-0.05, 0) is 5.92 Å². The van der Waals surface area contributed by atoms with E-state index < -0.39 is 28.6 Å². The van der Waals surface area contributed by atoms with Gasteiger partial charge in [0.15, 0.2) is 0 Å². The molecule has 0 aromatic rings. The second-order valence-electron chi connectivity index (χ2n) is 4.69. The third-order valence-electron chi connectivity index (χ3n) is 1.68. The van der Waals surface area contributed by atoms with Crippen LogP contribution in [0, 0.1) is 5.92 Å². The predicted octanol–water partition coefficient (Wildman–Crippen LogP) is -2.71. The van der Waals surface area contributed by atoms with Gasteiger partial charge in [0.05, 0.1) is 37.8 Å². The molecule has 0 aliphatic rings. The molecule has 0 rings (SSSR count). The Morgan fingerprint density at radius 2 is 1.50 bits per heavy atom. The summed E-state index contributed by atoms with van der Waals surface area (Å²) in [4.78, 5) is 10.3. The van der Waals surface area contributed by atoms with Crippen molar-refractivity contribution in [1.29, 1.82) is 0 Å². The summed E-state index contributed by atoms with van der Waals surface area (Å²) >= 11 is 0. The fourth-order valence-electron chi connectivity index (χ4n) is 0.812. The molecule has 20 heavy (non-hydrogen) atoms. The Morgan fingerprint density at radius 3 is 1.65 bits per heavy atom. The van der Waals surface area contributed by atoms with Gasteiger partial charge in [0.1, 0.15) is 0 Å². The van der Waals surface area contributed by atoms with Crippen molar-refractivity contribution in [2.24, 2.45) is 5.92 Å². The Morgan fingerprint density at radius 1 is 1.20 bits per heavy atom. The van der Waals surface area contributed by atoms with Crippen LogP contribution >= 0.6 is 0 Å². The quantitative estimate of drug-likeness (QED) is 0.302. The number of aliphatic carboxylic acids is 1. The van der Waals surface area contributed by atoms with Crippen LogP contribution in [0.2, 0.25) is 0 Å². The summed E-state index contributed by atoms with van der Waals surface area (Å²) in [5.41, 5.74) is 0. The molecular weight excluding hydrogens is 473 g/mol. The van der Waals surface area contributed by atoms with Gasteiger partial charge < -0.3 is 36.3 Å².